The van der Waals surface area contributed by atoms with Gasteiger partial charge in [0.1, 0.15) is 18.5 Å². The van der Waals surface area contributed by atoms with Gasteiger partial charge in [-0.3, -0.25) is 0 Å². The summed E-state index contributed by atoms with van der Waals surface area (Å²) in [5.41, 5.74) is 2.01. The molecule has 1 saturated carbocycles. The Morgan fingerprint density at radius 2 is 1.92 bits per heavy atom. The summed E-state index contributed by atoms with van der Waals surface area (Å²) in [7, 11) is 0. The third-order valence-corrected chi connectivity index (χ3v) is 4.56. The lowest BCUT2D eigenvalue weighted by atomic mass is 10.1. The lowest BCUT2D eigenvalue weighted by Crippen LogP contribution is -2.41. The van der Waals surface area contributed by atoms with Crippen molar-refractivity contribution in [3.63, 3.8) is 0 Å². The summed E-state index contributed by atoms with van der Waals surface area (Å²) in [5, 5.41) is 2.82. The van der Waals surface area contributed by atoms with E-state index in [1.165, 1.54) is 5.56 Å². The van der Waals surface area contributed by atoms with Crippen LogP contribution in [0.25, 0.3) is 0 Å². The Balaban J connectivity index is 1.49. The van der Waals surface area contributed by atoms with Gasteiger partial charge in [0.25, 0.3) is 0 Å². The molecule has 1 fully saturated rings. The summed E-state index contributed by atoms with van der Waals surface area (Å²) >= 11 is 3.46. The molecular formula is C21H24BrNO3. The van der Waals surface area contributed by atoms with Crippen molar-refractivity contribution in [1.82, 2.24) is 5.32 Å². The lowest BCUT2D eigenvalue weighted by molar-refractivity contribution is 0.128. The number of benzene rings is 2. The van der Waals surface area contributed by atoms with Gasteiger partial charge >= 0.3 is 6.09 Å². The van der Waals surface area contributed by atoms with Crippen LogP contribution >= 0.6 is 15.9 Å². The first-order chi connectivity index (χ1) is 12.3. The molecule has 0 aliphatic heterocycles. The molecule has 0 heterocycles. The van der Waals surface area contributed by atoms with Crippen LogP contribution in [0.3, 0.4) is 0 Å². The molecule has 0 aromatic heterocycles. The fraction of sp³-hybridized carbons (Fsp3) is 0.381. The Morgan fingerprint density at radius 3 is 2.58 bits per heavy atom. The van der Waals surface area contributed by atoms with Crippen LogP contribution in [-0.4, -0.2) is 17.7 Å². The molecule has 138 valence electrons. The Bertz CT molecular complexity index is 768. The van der Waals surface area contributed by atoms with Crippen molar-refractivity contribution in [2.24, 2.45) is 0 Å². The van der Waals surface area contributed by atoms with E-state index in [2.05, 4.69) is 21.2 Å². The van der Waals surface area contributed by atoms with E-state index < -0.39 is 0 Å². The summed E-state index contributed by atoms with van der Waals surface area (Å²) < 4.78 is 12.3. The first-order valence-corrected chi connectivity index (χ1v) is 9.55. The predicted molar refractivity (Wildman–Crippen MR) is 105 cm³/mol. The maximum absolute atomic E-state index is 11.8. The fourth-order valence-electron chi connectivity index (χ4n) is 2.73. The smallest absolute Gasteiger partial charge is 0.407 e. The number of alkyl carbamates (subject to hydrolysis) is 1. The number of rotatable bonds is 5. The Morgan fingerprint density at radius 1 is 1.19 bits per heavy atom. The average Bonchev–Trinajstić information content (AvgIpc) is 3.30. The second kappa shape index (κ2) is 7.70. The summed E-state index contributed by atoms with van der Waals surface area (Å²) in [6, 6.07) is 16.1. The van der Waals surface area contributed by atoms with E-state index in [-0.39, 0.29) is 23.7 Å². The molecule has 5 heteroatoms. The van der Waals surface area contributed by atoms with Gasteiger partial charge in [-0.1, -0.05) is 40.2 Å². The number of amides is 1. The molecule has 0 bridgehead atoms. The van der Waals surface area contributed by atoms with E-state index in [1.807, 2.05) is 69.3 Å². The van der Waals surface area contributed by atoms with Crippen LogP contribution in [0.4, 0.5) is 4.79 Å². The number of hydrogen-bond donors (Lipinski definition) is 1. The maximum Gasteiger partial charge on any atom is 0.407 e. The molecule has 4 nitrogen and oxygen atoms in total. The van der Waals surface area contributed by atoms with Crippen LogP contribution in [0.15, 0.2) is 53.0 Å². The van der Waals surface area contributed by atoms with Crippen LogP contribution in [0, 0.1) is 0 Å². The van der Waals surface area contributed by atoms with Gasteiger partial charge in [-0.15, -0.1) is 0 Å². The van der Waals surface area contributed by atoms with Crippen molar-refractivity contribution in [2.45, 2.75) is 51.4 Å². The zero-order valence-corrected chi connectivity index (χ0v) is 16.9. The zero-order valence-electron chi connectivity index (χ0n) is 15.3. The SMILES string of the molecule is CC(C)(C)NC(=O)O[C@@H]1C[C@H]1c1ccc(OCc2cccc(Br)c2)cc1. The third-order valence-electron chi connectivity index (χ3n) is 4.07. The minimum atomic E-state index is -0.348. The normalized spacial score (nSPS) is 18.9. The number of ether oxygens (including phenoxy) is 2. The van der Waals surface area contributed by atoms with E-state index >= 15 is 0 Å². The fourth-order valence-corrected chi connectivity index (χ4v) is 3.18. The molecule has 0 unspecified atom stereocenters. The quantitative estimate of drug-likeness (QED) is 0.707. The summed E-state index contributed by atoms with van der Waals surface area (Å²) in [4.78, 5) is 11.8. The molecule has 1 aliphatic carbocycles. The monoisotopic (exact) mass is 417 g/mol. The minimum absolute atomic E-state index is 0.0363. The number of nitrogens with one attached hydrogen (secondary N) is 1. The van der Waals surface area contributed by atoms with Crippen LogP contribution in [0.5, 0.6) is 5.75 Å². The van der Waals surface area contributed by atoms with E-state index in [4.69, 9.17) is 9.47 Å². The van der Waals surface area contributed by atoms with Crippen molar-refractivity contribution in [2.75, 3.05) is 0 Å². The van der Waals surface area contributed by atoms with Gasteiger partial charge in [0.2, 0.25) is 0 Å². The highest BCUT2D eigenvalue weighted by atomic mass is 79.9. The Labute approximate surface area is 163 Å². The van der Waals surface area contributed by atoms with E-state index in [1.54, 1.807) is 0 Å². The van der Waals surface area contributed by atoms with Gasteiger partial charge in [-0.05, 0) is 62.6 Å². The topological polar surface area (TPSA) is 47.6 Å². The second-order valence-electron chi connectivity index (χ2n) is 7.65. The summed E-state index contributed by atoms with van der Waals surface area (Å²) in [5.74, 6) is 1.11. The number of carbonyl (C=O) groups excluding carboxylic acids is 1. The van der Waals surface area contributed by atoms with Crippen LogP contribution < -0.4 is 10.1 Å². The highest BCUT2D eigenvalue weighted by Crippen LogP contribution is 2.43. The molecule has 0 saturated heterocycles. The van der Waals surface area contributed by atoms with Crippen molar-refractivity contribution in [1.29, 1.82) is 0 Å². The number of halogens is 1. The first-order valence-electron chi connectivity index (χ1n) is 8.76. The zero-order chi connectivity index (χ0) is 18.7. The van der Waals surface area contributed by atoms with Gasteiger partial charge in [-0.2, -0.15) is 0 Å². The first kappa shape index (κ1) is 18.8. The van der Waals surface area contributed by atoms with Crippen molar-refractivity contribution >= 4 is 22.0 Å². The Kier molecular flexibility index (Phi) is 5.56. The standard InChI is InChI=1S/C21H24BrNO3/c1-21(2,3)23-20(24)26-19-12-18(19)15-7-9-17(10-8-15)25-13-14-5-4-6-16(22)11-14/h4-11,18-19H,12-13H2,1-3H3,(H,23,24)/t18-,19+/m0/s1. The summed E-state index contributed by atoms with van der Waals surface area (Å²) in [6.07, 6.45) is 0.486. The van der Waals surface area contributed by atoms with Crippen LogP contribution in [0.1, 0.15) is 44.2 Å². The predicted octanol–water partition coefficient (Wildman–Crippen LogP) is 5.41. The van der Waals surface area contributed by atoms with Gasteiger partial charge in [0.15, 0.2) is 0 Å². The van der Waals surface area contributed by atoms with Gasteiger partial charge in [-0.25, -0.2) is 4.79 Å². The molecule has 2 atom stereocenters. The lowest BCUT2D eigenvalue weighted by Gasteiger charge is -2.20. The highest BCUT2D eigenvalue weighted by Gasteiger charge is 2.42. The highest BCUT2D eigenvalue weighted by molar-refractivity contribution is 9.10. The van der Waals surface area contributed by atoms with Gasteiger partial charge in [0.05, 0.1) is 0 Å². The molecule has 2 aromatic rings. The van der Waals surface area contributed by atoms with Crippen molar-refractivity contribution in [3.8, 4) is 5.75 Å². The molecule has 0 spiro atoms. The van der Waals surface area contributed by atoms with E-state index in [0.29, 0.717) is 6.61 Å². The maximum atomic E-state index is 11.8. The average molecular weight is 418 g/mol. The molecule has 1 aliphatic rings. The Hall–Kier alpha value is -2.01. The van der Waals surface area contributed by atoms with Crippen LogP contribution in [0.2, 0.25) is 0 Å². The molecule has 1 N–H and O–H groups in total. The minimum Gasteiger partial charge on any atom is -0.489 e. The molecule has 26 heavy (non-hydrogen) atoms. The van der Waals surface area contributed by atoms with Crippen molar-refractivity contribution < 1.29 is 14.3 Å². The molecule has 2 aromatic carbocycles. The largest absolute Gasteiger partial charge is 0.489 e. The number of hydrogen-bond acceptors (Lipinski definition) is 3. The molecule has 0 radical (unpaired) electrons. The van der Waals surface area contributed by atoms with E-state index in [9.17, 15) is 4.79 Å². The third kappa shape index (κ3) is 5.49. The molecule has 3 rings (SSSR count). The summed E-state index contributed by atoms with van der Waals surface area (Å²) in [6.45, 7) is 6.34. The molecule has 1 amide bonds. The van der Waals surface area contributed by atoms with Gasteiger partial charge in [0, 0.05) is 15.9 Å². The number of carbonyl (C=O) groups is 1. The van der Waals surface area contributed by atoms with Crippen LogP contribution in [-0.2, 0) is 11.3 Å². The molecular weight excluding hydrogens is 394 g/mol. The van der Waals surface area contributed by atoms with E-state index in [0.717, 1.165) is 22.2 Å². The van der Waals surface area contributed by atoms with Crippen molar-refractivity contribution in [3.05, 3.63) is 64.1 Å². The second-order valence-corrected chi connectivity index (χ2v) is 8.56. The van der Waals surface area contributed by atoms with Gasteiger partial charge < -0.3 is 14.8 Å².